The number of fused-ring (bicyclic) bond motifs is 1. The summed E-state index contributed by atoms with van der Waals surface area (Å²) in [5.74, 6) is 0.324. The van der Waals surface area contributed by atoms with Crippen LogP contribution in [-0.4, -0.2) is 33.1 Å². The summed E-state index contributed by atoms with van der Waals surface area (Å²) in [6.45, 7) is 2.41. The molecule has 9 heteroatoms. The van der Waals surface area contributed by atoms with E-state index in [-0.39, 0.29) is 24.9 Å². The van der Waals surface area contributed by atoms with E-state index in [0.29, 0.717) is 40.3 Å². The zero-order chi connectivity index (χ0) is 35.0. The van der Waals surface area contributed by atoms with Crippen LogP contribution in [0.1, 0.15) is 42.8 Å². The van der Waals surface area contributed by atoms with Gasteiger partial charge in [0.1, 0.15) is 18.1 Å². The van der Waals surface area contributed by atoms with Crippen molar-refractivity contribution in [3.05, 3.63) is 142 Å². The van der Waals surface area contributed by atoms with E-state index in [1.807, 2.05) is 109 Å². The Balaban J connectivity index is 1.18. The molecular weight excluding hydrogens is 669 g/mol. The summed E-state index contributed by atoms with van der Waals surface area (Å²) >= 11 is 12.7. The topological polar surface area (TPSA) is 93.5 Å². The first-order chi connectivity index (χ1) is 24.2. The number of carboxylic acids is 1. The first-order valence-electron chi connectivity index (χ1n) is 16.3. The number of rotatable bonds is 13. The van der Waals surface area contributed by atoms with Crippen molar-refractivity contribution in [2.45, 2.75) is 32.4 Å². The number of nitrogens with zero attached hydrogens (tertiary/aromatic N) is 2. The van der Waals surface area contributed by atoms with Gasteiger partial charge >= 0.3 is 5.97 Å². The first-order valence-corrected chi connectivity index (χ1v) is 17.0. The third-order valence-electron chi connectivity index (χ3n) is 8.32. The molecule has 0 aliphatic rings. The number of aromatic nitrogens is 2. The van der Waals surface area contributed by atoms with Crippen molar-refractivity contribution >= 4 is 58.0 Å². The highest BCUT2D eigenvalue weighted by Crippen LogP contribution is 2.31. The maximum Gasteiger partial charge on any atom is 0.303 e. The van der Waals surface area contributed by atoms with Gasteiger partial charge < -0.3 is 19.7 Å². The van der Waals surface area contributed by atoms with Crippen LogP contribution in [0.2, 0.25) is 10.0 Å². The van der Waals surface area contributed by atoms with Crippen molar-refractivity contribution in [3.8, 4) is 28.1 Å². The molecule has 1 aromatic heterocycles. The van der Waals surface area contributed by atoms with Gasteiger partial charge in [-0.15, -0.1) is 0 Å². The molecule has 0 saturated heterocycles. The van der Waals surface area contributed by atoms with Crippen molar-refractivity contribution in [2.75, 3.05) is 6.61 Å². The summed E-state index contributed by atoms with van der Waals surface area (Å²) in [5.41, 5.74) is 5.43. The van der Waals surface area contributed by atoms with Crippen LogP contribution >= 0.6 is 23.2 Å². The van der Waals surface area contributed by atoms with Crippen molar-refractivity contribution in [1.29, 1.82) is 0 Å². The Labute approximate surface area is 300 Å². The smallest absolute Gasteiger partial charge is 0.303 e. The molecule has 1 amide bonds. The molecule has 0 fully saturated rings. The summed E-state index contributed by atoms with van der Waals surface area (Å²) in [4.78, 5) is 29.0. The number of carboxylic acid groups (broad SMARTS) is 1. The minimum absolute atomic E-state index is 0.0607. The van der Waals surface area contributed by atoms with Crippen molar-refractivity contribution in [3.63, 3.8) is 0 Å². The van der Waals surface area contributed by atoms with Gasteiger partial charge in [0.25, 0.3) is 0 Å². The molecule has 7 nitrogen and oxygen atoms in total. The zero-order valence-corrected chi connectivity index (χ0v) is 28.9. The maximum absolute atomic E-state index is 13.4. The summed E-state index contributed by atoms with van der Waals surface area (Å²) in [6, 6.07) is 35.2. The molecule has 1 atom stereocenters. The summed E-state index contributed by atoms with van der Waals surface area (Å²) in [7, 11) is 0. The highest BCUT2D eigenvalue weighted by atomic mass is 35.5. The standard InChI is InChI=1S/C41H35Cl2N3O4/c1-27(34-9-4-7-31-6-2-3-8-35(31)34)44-40(47)26-46-25-38(36-21-18-32(42)24-37(36)43)45-39(46)22-13-28-11-14-29(15-12-28)30-16-19-33(20-17-30)50-23-5-10-41(48)49/h2-4,6-9,11-22,24-25,27H,5,10,23,26H2,1H3,(H,44,47)(H,48,49)/b22-13+. The fourth-order valence-corrected chi connectivity index (χ4v) is 6.28. The van der Waals surface area contributed by atoms with Gasteiger partial charge in [0, 0.05) is 23.2 Å². The van der Waals surface area contributed by atoms with Gasteiger partial charge in [-0.25, -0.2) is 4.98 Å². The van der Waals surface area contributed by atoms with Crippen LogP contribution in [0.3, 0.4) is 0 Å². The number of aliphatic carboxylic acids is 1. The molecule has 0 aliphatic carbocycles. The third kappa shape index (κ3) is 8.61. The highest BCUT2D eigenvalue weighted by molar-refractivity contribution is 6.36. The van der Waals surface area contributed by atoms with Crippen LogP contribution in [0.5, 0.6) is 5.75 Å². The number of carbonyl (C=O) groups excluding carboxylic acids is 1. The molecule has 2 N–H and O–H groups in total. The number of halogens is 2. The summed E-state index contributed by atoms with van der Waals surface area (Å²) in [6.07, 6.45) is 6.22. The number of benzene rings is 5. The Hall–Kier alpha value is -5.37. The molecular formula is C41H35Cl2N3O4. The molecule has 6 rings (SSSR count). The van der Waals surface area contributed by atoms with Crippen molar-refractivity contribution in [2.24, 2.45) is 0 Å². The molecule has 6 aromatic rings. The number of imidazole rings is 1. The maximum atomic E-state index is 13.4. The van der Waals surface area contributed by atoms with E-state index < -0.39 is 5.97 Å². The number of amides is 1. The second kappa shape index (κ2) is 15.9. The predicted octanol–water partition coefficient (Wildman–Crippen LogP) is 9.97. The Morgan fingerprint density at radius 2 is 1.62 bits per heavy atom. The summed E-state index contributed by atoms with van der Waals surface area (Å²) < 4.78 is 7.47. The average Bonchev–Trinajstić information content (AvgIpc) is 3.50. The zero-order valence-electron chi connectivity index (χ0n) is 27.4. The number of carbonyl (C=O) groups is 2. The van der Waals surface area contributed by atoms with E-state index in [4.69, 9.17) is 38.0 Å². The Morgan fingerprint density at radius 1 is 0.900 bits per heavy atom. The average molecular weight is 705 g/mol. The van der Waals surface area contributed by atoms with E-state index in [2.05, 4.69) is 23.5 Å². The largest absolute Gasteiger partial charge is 0.494 e. The molecule has 0 saturated carbocycles. The molecule has 50 heavy (non-hydrogen) atoms. The minimum atomic E-state index is -0.828. The lowest BCUT2D eigenvalue weighted by Gasteiger charge is -2.17. The van der Waals surface area contributed by atoms with E-state index in [0.717, 1.165) is 38.6 Å². The molecule has 0 aliphatic heterocycles. The van der Waals surface area contributed by atoms with E-state index >= 15 is 0 Å². The van der Waals surface area contributed by atoms with E-state index in [1.54, 1.807) is 12.1 Å². The first kappa shape index (κ1) is 34.5. The number of nitrogens with one attached hydrogen (secondary N) is 1. The second-order valence-corrected chi connectivity index (χ2v) is 12.8. The number of hydrogen-bond donors (Lipinski definition) is 2. The van der Waals surface area contributed by atoms with Crippen molar-refractivity contribution < 1.29 is 19.4 Å². The van der Waals surface area contributed by atoms with Gasteiger partial charge in [-0.1, -0.05) is 108 Å². The Kier molecular flexibility index (Phi) is 11.0. The lowest BCUT2D eigenvalue weighted by molar-refractivity contribution is -0.137. The van der Waals surface area contributed by atoms with Crippen LogP contribution in [-0.2, 0) is 16.1 Å². The van der Waals surface area contributed by atoms with Gasteiger partial charge in [-0.3, -0.25) is 9.59 Å². The van der Waals surface area contributed by atoms with Crippen LogP contribution in [0.15, 0.2) is 115 Å². The summed E-state index contributed by atoms with van der Waals surface area (Å²) in [5, 5.41) is 15.2. The molecule has 0 radical (unpaired) electrons. The van der Waals surface area contributed by atoms with Crippen LogP contribution in [0.4, 0.5) is 0 Å². The number of ether oxygens (including phenoxy) is 1. The molecule has 1 unspecified atom stereocenters. The van der Waals surface area contributed by atoms with Gasteiger partial charge in [-0.05, 0) is 82.8 Å². The van der Waals surface area contributed by atoms with Gasteiger partial charge in [0.15, 0.2) is 0 Å². The van der Waals surface area contributed by atoms with E-state index in [1.165, 1.54) is 0 Å². The number of hydrogen-bond acceptors (Lipinski definition) is 4. The quantitative estimate of drug-likeness (QED) is 0.117. The SMILES string of the molecule is CC(NC(=O)Cn1cc(-c2ccc(Cl)cc2Cl)nc1/C=C/c1ccc(-c2ccc(OCCCC(=O)O)cc2)cc1)c1cccc2ccccc12. The van der Waals surface area contributed by atoms with Gasteiger partial charge in [0.05, 0.1) is 23.4 Å². The van der Waals surface area contributed by atoms with Crippen LogP contribution in [0, 0.1) is 0 Å². The lowest BCUT2D eigenvalue weighted by Crippen LogP contribution is -2.30. The van der Waals surface area contributed by atoms with Crippen LogP contribution < -0.4 is 10.1 Å². The normalized spacial score (nSPS) is 11.9. The monoisotopic (exact) mass is 703 g/mol. The Morgan fingerprint density at radius 3 is 2.36 bits per heavy atom. The fourth-order valence-electron chi connectivity index (χ4n) is 5.78. The molecule has 0 spiro atoms. The molecule has 5 aromatic carbocycles. The second-order valence-electron chi connectivity index (χ2n) is 11.9. The third-order valence-corrected chi connectivity index (χ3v) is 8.87. The molecule has 252 valence electrons. The predicted molar refractivity (Wildman–Crippen MR) is 201 cm³/mol. The fraction of sp³-hybridized carbons (Fsp3) is 0.146. The van der Waals surface area contributed by atoms with Crippen LogP contribution in [0.25, 0.3) is 45.3 Å². The highest BCUT2D eigenvalue weighted by Gasteiger charge is 2.16. The van der Waals surface area contributed by atoms with Gasteiger partial charge in [0.2, 0.25) is 5.91 Å². The lowest BCUT2D eigenvalue weighted by atomic mass is 10.00. The Bertz CT molecular complexity index is 2150. The van der Waals surface area contributed by atoms with E-state index in [9.17, 15) is 9.59 Å². The van der Waals surface area contributed by atoms with Crippen molar-refractivity contribution in [1.82, 2.24) is 14.9 Å². The molecule has 1 heterocycles. The molecule has 0 bridgehead atoms. The van der Waals surface area contributed by atoms with Gasteiger partial charge in [-0.2, -0.15) is 0 Å². The minimum Gasteiger partial charge on any atom is -0.494 e.